The zero-order valence-electron chi connectivity index (χ0n) is 12.4. The van der Waals surface area contributed by atoms with Crippen LogP contribution in [0.1, 0.15) is 19.4 Å². The summed E-state index contributed by atoms with van der Waals surface area (Å²) in [5, 5.41) is 9.35. The van der Waals surface area contributed by atoms with Gasteiger partial charge in [-0.1, -0.05) is 6.07 Å². The molecular formula is C15H24N2O3. The van der Waals surface area contributed by atoms with Gasteiger partial charge in [-0.3, -0.25) is 4.90 Å². The van der Waals surface area contributed by atoms with Gasteiger partial charge < -0.3 is 20.3 Å². The maximum absolute atomic E-state index is 9.35. The molecule has 0 saturated carbocycles. The van der Waals surface area contributed by atoms with Crippen molar-refractivity contribution in [1.29, 1.82) is 0 Å². The monoisotopic (exact) mass is 280 g/mol. The number of hydrogen-bond acceptors (Lipinski definition) is 5. The molecule has 0 spiro atoms. The van der Waals surface area contributed by atoms with Crippen molar-refractivity contribution in [3.63, 3.8) is 0 Å². The van der Waals surface area contributed by atoms with Crippen molar-refractivity contribution in [1.82, 2.24) is 4.90 Å². The van der Waals surface area contributed by atoms with Crippen LogP contribution >= 0.6 is 0 Å². The summed E-state index contributed by atoms with van der Waals surface area (Å²) in [5.41, 5.74) is 7.31. The van der Waals surface area contributed by atoms with Gasteiger partial charge in [-0.05, 0) is 19.9 Å². The molecule has 1 heterocycles. The highest BCUT2D eigenvalue weighted by atomic mass is 16.5. The Morgan fingerprint density at radius 2 is 2.25 bits per heavy atom. The lowest BCUT2D eigenvalue weighted by Crippen LogP contribution is -2.53. The number of methoxy groups -OCH3 is 1. The van der Waals surface area contributed by atoms with E-state index in [0.29, 0.717) is 12.2 Å². The van der Waals surface area contributed by atoms with Gasteiger partial charge in [0.15, 0.2) is 0 Å². The number of benzene rings is 1. The summed E-state index contributed by atoms with van der Waals surface area (Å²) in [4.78, 5) is 2.28. The molecule has 1 aliphatic heterocycles. The third-order valence-electron chi connectivity index (χ3n) is 3.46. The Labute approximate surface area is 120 Å². The normalized spacial score (nSPS) is 22.7. The number of morpholine rings is 1. The molecule has 0 aliphatic carbocycles. The SMILES string of the molecule is COc1cc(N)ccc1CN1CC(CO)OC(C)(C)C1. The minimum absolute atomic E-state index is 0.0405. The first-order valence-corrected chi connectivity index (χ1v) is 6.87. The van der Waals surface area contributed by atoms with Gasteiger partial charge >= 0.3 is 0 Å². The second-order valence-electron chi connectivity index (χ2n) is 5.92. The van der Waals surface area contributed by atoms with E-state index in [9.17, 15) is 5.11 Å². The minimum Gasteiger partial charge on any atom is -0.496 e. The largest absolute Gasteiger partial charge is 0.496 e. The average Bonchev–Trinajstić information content (AvgIpc) is 2.39. The maximum atomic E-state index is 9.35. The third-order valence-corrected chi connectivity index (χ3v) is 3.46. The van der Waals surface area contributed by atoms with Gasteiger partial charge in [0.25, 0.3) is 0 Å². The topological polar surface area (TPSA) is 68.0 Å². The molecule has 0 amide bonds. The molecule has 1 saturated heterocycles. The van der Waals surface area contributed by atoms with Gasteiger partial charge in [-0.15, -0.1) is 0 Å². The molecule has 20 heavy (non-hydrogen) atoms. The highest BCUT2D eigenvalue weighted by Crippen LogP contribution is 2.26. The van der Waals surface area contributed by atoms with Gasteiger partial charge in [-0.25, -0.2) is 0 Å². The van der Waals surface area contributed by atoms with Crippen molar-refractivity contribution in [3.8, 4) is 5.75 Å². The Morgan fingerprint density at radius 1 is 1.50 bits per heavy atom. The number of nitrogens with two attached hydrogens (primary N) is 1. The molecule has 5 nitrogen and oxygen atoms in total. The zero-order valence-corrected chi connectivity index (χ0v) is 12.4. The summed E-state index contributed by atoms with van der Waals surface area (Å²) >= 11 is 0. The molecule has 0 aromatic heterocycles. The first kappa shape index (κ1) is 15.1. The smallest absolute Gasteiger partial charge is 0.125 e. The maximum Gasteiger partial charge on any atom is 0.125 e. The number of rotatable bonds is 4. The summed E-state index contributed by atoms with van der Waals surface area (Å²) in [6, 6.07) is 5.71. The highest BCUT2D eigenvalue weighted by Gasteiger charge is 2.33. The quantitative estimate of drug-likeness (QED) is 0.812. The minimum atomic E-state index is -0.257. The molecular weight excluding hydrogens is 256 g/mol. The number of aliphatic hydroxyl groups is 1. The van der Waals surface area contributed by atoms with E-state index in [4.69, 9.17) is 15.2 Å². The fourth-order valence-corrected chi connectivity index (χ4v) is 2.76. The number of aliphatic hydroxyl groups excluding tert-OH is 1. The molecule has 112 valence electrons. The van der Waals surface area contributed by atoms with Crippen LogP contribution < -0.4 is 10.5 Å². The Morgan fingerprint density at radius 3 is 2.90 bits per heavy atom. The number of hydrogen-bond donors (Lipinski definition) is 2. The van der Waals surface area contributed by atoms with Crippen LogP contribution in [0.2, 0.25) is 0 Å². The molecule has 5 heteroatoms. The predicted octanol–water partition coefficient (Wildman–Crippen LogP) is 1.25. The number of ether oxygens (including phenoxy) is 2. The first-order chi connectivity index (χ1) is 9.43. The molecule has 1 unspecified atom stereocenters. The van der Waals surface area contributed by atoms with Crippen LogP contribution in [-0.4, -0.2) is 48.5 Å². The number of anilines is 1. The van der Waals surface area contributed by atoms with E-state index in [1.54, 1.807) is 7.11 Å². The van der Waals surface area contributed by atoms with Crippen LogP contribution in [0, 0.1) is 0 Å². The van der Waals surface area contributed by atoms with Crippen molar-refractivity contribution in [2.75, 3.05) is 32.5 Å². The van der Waals surface area contributed by atoms with E-state index < -0.39 is 0 Å². The van der Waals surface area contributed by atoms with E-state index in [-0.39, 0.29) is 18.3 Å². The summed E-state index contributed by atoms with van der Waals surface area (Å²) in [5.74, 6) is 0.801. The fraction of sp³-hybridized carbons (Fsp3) is 0.600. The van der Waals surface area contributed by atoms with Gasteiger partial charge in [0.1, 0.15) is 5.75 Å². The summed E-state index contributed by atoms with van der Waals surface area (Å²) in [7, 11) is 1.65. The van der Waals surface area contributed by atoms with E-state index in [2.05, 4.69) is 4.90 Å². The Hall–Kier alpha value is -1.30. The Balaban J connectivity index is 2.12. The van der Waals surface area contributed by atoms with Crippen LogP contribution in [0.15, 0.2) is 18.2 Å². The molecule has 1 fully saturated rings. The zero-order chi connectivity index (χ0) is 14.8. The van der Waals surface area contributed by atoms with Crippen molar-refractivity contribution in [2.24, 2.45) is 0 Å². The molecule has 1 atom stereocenters. The Bertz CT molecular complexity index is 462. The van der Waals surface area contributed by atoms with Gasteiger partial charge in [0.05, 0.1) is 25.4 Å². The van der Waals surface area contributed by atoms with Crippen LogP contribution in [0.3, 0.4) is 0 Å². The second-order valence-corrected chi connectivity index (χ2v) is 5.92. The van der Waals surface area contributed by atoms with E-state index in [1.807, 2.05) is 32.0 Å². The van der Waals surface area contributed by atoms with E-state index in [1.165, 1.54) is 0 Å². The van der Waals surface area contributed by atoms with Gasteiger partial charge in [0.2, 0.25) is 0 Å². The molecule has 0 radical (unpaired) electrons. The predicted molar refractivity (Wildman–Crippen MR) is 78.7 cm³/mol. The first-order valence-electron chi connectivity index (χ1n) is 6.87. The molecule has 0 bridgehead atoms. The summed E-state index contributed by atoms with van der Waals surface area (Å²) in [6.45, 7) is 6.42. The number of nitrogens with zero attached hydrogens (tertiary/aromatic N) is 1. The van der Waals surface area contributed by atoms with Crippen molar-refractivity contribution in [3.05, 3.63) is 23.8 Å². The van der Waals surface area contributed by atoms with Gasteiger partial charge in [-0.2, -0.15) is 0 Å². The lowest BCUT2D eigenvalue weighted by atomic mass is 10.0. The van der Waals surface area contributed by atoms with E-state index >= 15 is 0 Å². The van der Waals surface area contributed by atoms with Crippen LogP contribution in [0.25, 0.3) is 0 Å². The van der Waals surface area contributed by atoms with Crippen molar-refractivity contribution >= 4 is 5.69 Å². The standard InChI is InChI=1S/C15H24N2O3/c1-15(2)10-17(8-13(9-18)20-15)7-11-4-5-12(16)6-14(11)19-3/h4-6,13,18H,7-10,16H2,1-3H3. The third kappa shape index (κ3) is 3.62. The van der Waals surface area contributed by atoms with Crippen LogP contribution in [0.5, 0.6) is 5.75 Å². The molecule has 1 aliphatic rings. The lowest BCUT2D eigenvalue weighted by molar-refractivity contribution is -0.150. The summed E-state index contributed by atoms with van der Waals surface area (Å²) < 4.78 is 11.2. The fourth-order valence-electron chi connectivity index (χ4n) is 2.76. The molecule has 1 aromatic carbocycles. The van der Waals surface area contributed by atoms with Crippen LogP contribution in [0.4, 0.5) is 5.69 Å². The number of nitrogen functional groups attached to an aromatic ring is 1. The van der Waals surface area contributed by atoms with Crippen molar-refractivity contribution < 1.29 is 14.6 Å². The molecule has 1 aromatic rings. The lowest BCUT2D eigenvalue weighted by Gasteiger charge is -2.42. The Kier molecular flexibility index (Phi) is 4.52. The van der Waals surface area contributed by atoms with E-state index in [0.717, 1.165) is 24.4 Å². The molecule has 2 rings (SSSR count). The average molecular weight is 280 g/mol. The van der Waals surface area contributed by atoms with Crippen molar-refractivity contribution in [2.45, 2.75) is 32.1 Å². The van der Waals surface area contributed by atoms with Crippen LogP contribution in [-0.2, 0) is 11.3 Å². The second kappa shape index (κ2) is 5.99. The van der Waals surface area contributed by atoms with Gasteiger partial charge in [0, 0.05) is 37.0 Å². The summed E-state index contributed by atoms with van der Waals surface area (Å²) in [6.07, 6.45) is -0.140. The highest BCUT2D eigenvalue weighted by molar-refractivity contribution is 5.48. The molecule has 3 N–H and O–H groups in total.